The number of nitrogens with one attached hydrogen (secondary N) is 2. The van der Waals surface area contributed by atoms with E-state index in [-0.39, 0.29) is 11.3 Å². The van der Waals surface area contributed by atoms with Crippen LogP contribution in [0.3, 0.4) is 0 Å². The van der Waals surface area contributed by atoms with Gasteiger partial charge in [-0.15, -0.1) is 0 Å². The number of carbonyl (C=O) groups excluding carboxylic acids is 1. The lowest BCUT2D eigenvalue weighted by Crippen LogP contribution is -2.36. The minimum Gasteiger partial charge on any atom is -0.382 e. The number of hydrogen-bond donors (Lipinski definition) is 3. The monoisotopic (exact) mass is 310 g/mol. The Kier molecular flexibility index (Phi) is 5.45. The van der Waals surface area contributed by atoms with Crippen LogP contribution in [0.5, 0.6) is 0 Å². The van der Waals surface area contributed by atoms with Crippen LogP contribution in [0.2, 0.25) is 0 Å². The Morgan fingerprint density at radius 1 is 1.38 bits per heavy atom. The Morgan fingerprint density at radius 2 is 2.10 bits per heavy atom. The third-order valence-electron chi connectivity index (χ3n) is 4.12. The van der Waals surface area contributed by atoms with Crippen molar-refractivity contribution in [1.29, 1.82) is 0 Å². The minimum absolute atomic E-state index is 0.0960. The maximum atomic E-state index is 12.3. The zero-order valence-electron chi connectivity index (χ0n) is 13.0. The zero-order chi connectivity index (χ0) is 15.3. The SMILES string of the molecule is CCCNc1nc(N)c(C(=O)NCC2(C)CCCCC2)s1. The van der Waals surface area contributed by atoms with Crippen molar-refractivity contribution in [2.45, 2.75) is 52.4 Å². The van der Waals surface area contributed by atoms with E-state index in [4.69, 9.17) is 5.73 Å². The average molecular weight is 310 g/mol. The molecule has 118 valence electrons. The highest BCUT2D eigenvalue weighted by atomic mass is 32.1. The highest BCUT2D eigenvalue weighted by Gasteiger charge is 2.28. The molecule has 2 rings (SSSR count). The van der Waals surface area contributed by atoms with Crippen LogP contribution < -0.4 is 16.4 Å². The second-order valence-electron chi connectivity index (χ2n) is 6.21. The van der Waals surface area contributed by atoms with E-state index in [0.29, 0.717) is 10.7 Å². The van der Waals surface area contributed by atoms with Crippen LogP contribution >= 0.6 is 11.3 Å². The summed E-state index contributed by atoms with van der Waals surface area (Å²) < 4.78 is 0. The number of hydrogen-bond acceptors (Lipinski definition) is 5. The average Bonchev–Trinajstić information content (AvgIpc) is 2.84. The summed E-state index contributed by atoms with van der Waals surface area (Å²) in [6.45, 7) is 5.91. The smallest absolute Gasteiger partial charge is 0.265 e. The number of nitrogens with zero attached hydrogens (tertiary/aromatic N) is 1. The molecule has 1 saturated carbocycles. The Hall–Kier alpha value is -1.30. The molecule has 5 nitrogen and oxygen atoms in total. The Labute approximate surface area is 130 Å². The third-order valence-corrected chi connectivity index (χ3v) is 5.15. The van der Waals surface area contributed by atoms with E-state index < -0.39 is 0 Å². The summed E-state index contributed by atoms with van der Waals surface area (Å²) in [6, 6.07) is 0. The number of thiazole rings is 1. The van der Waals surface area contributed by atoms with Gasteiger partial charge in [0.15, 0.2) is 5.13 Å². The lowest BCUT2D eigenvalue weighted by atomic mass is 9.76. The Morgan fingerprint density at radius 3 is 2.76 bits per heavy atom. The molecule has 1 aromatic heterocycles. The molecule has 0 spiro atoms. The summed E-state index contributed by atoms with van der Waals surface area (Å²) in [4.78, 5) is 17.0. The van der Waals surface area contributed by atoms with Crippen molar-refractivity contribution in [3.63, 3.8) is 0 Å². The highest BCUT2D eigenvalue weighted by molar-refractivity contribution is 7.18. The van der Waals surface area contributed by atoms with Crippen molar-refractivity contribution in [2.75, 3.05) is 24.1 Å². The molecule has 1 fully saturated rings. The number of anilines is 2. The largest absolute Gasteiger partial charge is 0.382 e. The van der Waals surface area contributed by atoms with Gasteiger partial charge in [0.05, 0.1) is 0 Å². The maximum Gasteiger partial charge on any atom is 0.265 e. The Balaban J connectivity index is 1.92. The summed E-state index contributed by atoms with van der Waals surface area (Å²) >= 11 is 1.33. The Bertz CT molecular complexity index is 480. The number of nitrogen functional groups attached to an aromatic ring is 1. The van der Waals surface area contributed by atoms with Crippen molar-refractivity contribution < 1.29 is 4.79 Å². The molecule has 0 aromatic carbocycles. The summed E-state index contributed by atoms with van der Waals surface area (Å²) in [5.41, 5.74) is 6.09. The van der Waals surface area contributed by atoms with Gasteiger partial charge in [-0.25, -0.2) is 4.98 Å². The first-order valence-corrected chi connectivity index (χ1v) is 8.64. The number of amides is 1. The van der Waals surface area contributed by atoms with E-state index in [2.05, 4.69) is 29.5 Å². The standard InChI is InChI=1S/C15H26N4OS/c1-3-9-17-14-19-12(16)11(21-14)13(20)18-10-15(2)7-5-4-6-8-15/h3-10,16H2,1-2H3,(H,17,19)(H,18,20). The van der Waals surface area contributed by atoms with Crippen LogP contribution in [-0.2, 0) is 0 Å². The van der Waals surface area contributed by atoms with E-state index >= 15 is 0 Å². The highest BCUT2D eigenvalue weighted by Crippen LogP contribution is 2.35. The maximum absolute atomic E-state index is 12.3. The van der Waals surface area contributed by atoms with Crippen LogP contribution in [0.4, 0.5) is 10.9 Å². The minimum atomic E-state index is -0.0960. The molecule has 6 heteroatoms. The molecular formula is C15H26N4OS. The van der Waals surface area contributed by atoms with Gasteiger partial charge in [-0.05, 0) is 24.7 Å². The van der Waals surface area contributed by atoms with Gasteiger partial charge in [0.25, 0.3) is 5.91 Å². The molecule has 0 bridgehead atoms. The van der Waals surface area contributed by atoms with Crippen molar-refractivity contribution >= 4 is 28.2 Å². The van der Waals surface area contributed by atoms with Gasteiger partial charge in [0.1, 0.15) is 10.7 Å². The summed E-state index contributed by atoms with van der Waals surface area (Å²) in [5.74, 6) is 0.228. The van der Waals surface area contributed by atoms with Gasteiger partial charge >= 0.3 is 0 Å². The molecule has 0 atom stereocenters. The fourth-order valence-electron chi connectivity index (χ4n) is 2.76. The first kappa shape index (κ1) is 16.1. The fourth-order valence-corrected chi connectivity index (χ4v) is 3.58. The molecule has 4 N–H and O–H groups in total. The summed E-state index contributed by atoms with van der Waals surface area (Å²) in [5, 5.41) is 6.94. The molecule has 0 radical (unpaired) electrons. The van der Waals surface area contributed by atoms with Crippen molar-refractivity contribution in [3.05, 3.63) is 4.88 Å². The van der Waals surface area contributed by atoms with Gasteiger partial charge in [-0.1, -0.05) is 44.4 Å². The third kappa shape index (κ3) is 4.33. The second kappa shape index (κ2) is 7.11. The van der Waals surface area contributed by atoms with Crippen LogP contribution in [0.1, 0.15) is 62.0 Å². The van der Waals surface area contributed by atoms with Crippen molar-refractivity contribution in [3.8, 4) is 0 Å². The summed E-state index contributed by atoms with van der Waals surface area (Å²) in [6.07, 6.45) is 7.24. The quantitative estimate of drug-likeness (QED) is 0.753. The summed E-state index contributed by atoms with van der Waals surface area (Å²) in [7, 11) is 0. The van der Waals surface area contributed by atoms with E-state index in [1.165, 1.54) is 43.4 Å². The molecule has 0 saturated heterocycles. The van der Waals surface area contributed by atoms with Gasteiger partial charge in [0.2, 0.25) is 0 Å². The lowest BCUT2D eigenvalue weighted by molar-refractivity contribution is 0.0924. The molecular weight excluding hydrogens is 284 g/mol. The molecule has 1 heterocycles. The molecule has 0 aliphatic heterocycles. The normalized spacial score (nSPS) is 17.4. The lowest BCUT2D eigenvalue weighted by Gasteiger charge is -2.33. The van der Waals surface area contributed by atoms with E-state index in [1.54, 1.807) is 0 Å². The first-order valence-electron chi connectivity index (χ1n) is 7.82. The van der Waals surface area contributed by atoms with Crippen molar-refractivity contribution in [2.24, 2.45) is 5.41 Å². The van der Waals surface area contributed by atoms with E-state index in [1.807, 2.05) is 0 Å². The van der Waals surface area contributed by atoms with Crippen LogP contribution in [0, 0.1) is 5.41 Å². The second-order valence-corrected chi connectivity index (χ2v) is 7.21. The van der Waals surface area contributed by atoms with Gasteiger partial charge in [0, 0.05) is 13.1 Å². The van der Waals surface area contributed by atoms with E-state index in [0.717, 1.165) is 24.6 Å². The molecule has 1 aromatic rings. The molecule has 1 amide bonds. The molecule has 21 heavy (non-hydrogen) atoms. The number of carbonyl (C=O) groups is 1. The number of nitrogens with two attached hydrogens (primary N) is 1. The van der Waals surface area contributed by atoms with Crippen LogP contribution in [0.15, 0.2) is 0 Å². The zero-order valence-corrected chi connectivity index (χ0v) is 13.8. The topological polar surface area (TPSA) is 80.0 Å². The van der Waals surface area contributed by atoms with Crippen LogP contribution in [0.25, 0.3) is 0 Å². The predicted octanol–water partition coefficient (Wildman–Crippen LogP) is 3.25. The molecule has 1 aliphatic carbocycles. The van der Waals surface area contributed by atoms with Crippen LogP contribution in [-0.4, -0.2) is 24.0 Å². The fraction of sp³-hybridized carbons (Fsp3) is 0.733. The van der Waals surface area contributed by atoms with Crippen molar-refractivity contribution in [1.82, 2.24) is 10.3 Å². The van der Waals surface area contributed by atoms with Gasteiger partial charge in [-0.2, -0.15) is 0 Å². The first-order chi connectivity index (χ1) is 10.0. The number of aromatic nitrogens is 1. The van der Waals surface area contributed by atoms with Gasteiger partial charge in [-0.3, -0.25) is 4.79 Å². The predicted molar refractivity (Wildman–Crippen MR) is 88.8 cm³/mol. The van der Waals surface area contributed by atoms with E-state index in [9.17, 15) is 4.79 Å². The molecule has 1 aliphatic rings. The molecule has 0 unspecified atom stereocenters. The van der Waals surface area contributed by atoms with Gasteiger partial charge < -0.3 is 16.4 Å². The number of rotatable bonds is 6.